The van der Waals surface area contributed by atoms with Crippen LogP contribution in [-0.4, -0.2) is 50.8 Å². The van der Waals surface area contributed by atoms with Crippen LogP contribution in [0.1, 0.15) is 5.56 Å². The van der Waals surface area contributed by atoms with Crippen molar-refractivity contribution in [1.82, 2.24) is 9.21 Å². The molecule has 6 heteroatoms. The van der Waals surface area contributed by atoms with Crippen molar-refractivity contribution in [3.63, 3.8) is 0 Å². The van der Waals surface area contributed by atoms with Crippen LogP contribution in [0.15, 0.2) is 28.7 Å². The molecule has 0 aliphatic carbocycles. The molecule has 0 saturated carbocycles. The molecule has 1 heterocycles. The third-order valence-corrected chi connectivity index (χ3v) is 5.44. The van der Waals surface area contributed by atoms with E-state index >= 15 is 0 Å². The van der Waals surface area contributed by atoms with E-state index in [2.05, 4.69) is 20.8 Å². The van der Waals surface area contributed by atoms with Crippen molar-refractivity contribution >= 4 is 26.0 Å². The highest BCUT2D eigenvalue weighted by atomic mass is 79.9. The topological polar surface area (TPSA) is 40.6 Å². The minimum absolute atomic E-state index is 0.0795. The van der Waals surface area contributed by atoms with Crippen LogP contribution in [0, 0.1) is 0 Å². The van der Waals surface area contributed by atoms with Crippen LogP contribution < -0.4 is 0 Å². The first kappa shape index (κ1) is 14.0. The van der Waals surface area contributed by atoms with Gasteiger partial charge in [-0.3, -0.25) is 0 Å². The minimum atomic E-state index is -3.19. The molecule has 1 saturated heterocycles. The minimum Gasteiger partial charge on any atom is -0.304 e. The zero-order valence-corrected chi connectivity index (χ0v) is 12.7. The summed E-state index contributed by atoms with van der Waals surface area (Å²) in [4.78, 5) is 2.14. The Kier molecular flexibility index (Phi) is 4.42. The van der Waals surface area contributed by atoms with E-state index in [1.165, 1.54) is 0 Å². The maximum atomic E-state index is 12.3. The monoisotopic (exact) mass is 332 g/mol. The van der Waals surface area contributed by atoms with Gasteiger partial charge in [-0.1, -0.05) is 28.1 Å². The molecule has 0 bridgehead atoms. The fraction of sp³-hybridized carbons (Fsp3) is 0.500. The molecule has 100 valence electrons. The maximum Gasteiger partial charge on any atom is 0.218 e. The van der Waals surface area contributed by atoms with Gasteiger partial charge < -0.3 is 4.90 Å². The van der Waals surface area contributed by atoms with E-state index in [4.69, 9.17) is 0 Å². The van der Waals surface area contributed by atoms with E-state index < -0.39 is 10.0 Å². The summed E-state index contributed by atoms with van der Waals surface area (Å²) in [6.07, 6.45) is 0. The van der Waals surface area contributed by atoms with E-state index in [-0.39, 0.29) is 5.75 Å². The van der Waals surface area contributed by atoms with Gasteiger partial charge >= 0.3 is 0 Å². The molecule has 4 nitrogen and oxygen atoms in total. The highest BCUT2D eigenvalue weighted by molar-refractivity contribution is 9.10. The predicted molar refractivity (Wildman–Crippen MR) is 75.8 cm³/mol. The number of hydrogen-bond acceptors (Lipinski definition) is 3. The number of rotatable bonds is 3. The van der Waals surface area contributed by atoms with Gasteiger partial charge in [-0.05, 0) is 24.7 Å². The third kappa shape index (κ3) is 3.54. The quantitative estimate of drug-likeness (QED) is 0.842. The van der Waals surface area contributed by atoms with E-state index in [1.807, 2.05) is 31.3 Å². The van der Waals surface area contributed by atoms with Gasteiger partial charge in [0, 0.05) is 30.7 Å². The largest absolute Gasteiger partial charge is 0.304 e. The number of sulfonamides is 1. The van der Waals surface area contributed by atoms with E-state index in [1.54, 1.807) is 4.31 Å². The van der Waals surface area contributed by atoms with Gasteiger partial charge in [-0.2, -0.15) is 4.31 Å². The summed E-state index contributed by atoms with van der Waals surface area (Å²) in [5, 5.41) is 0. The fourth-order valence-corrected chi connectivity index (χ4v) is 3.94. The summed E-state index contributed by atoms with van der Waals surface area (Å²) in [5.41, 5.74) is 0.823. The molecule has 1 aromatic carbocycles. The fourth-order valence-electron chi connectivity index (χ4n) is 1.99. The van der Waals surface area contributed by atoms with Gasteiger partial charge in [-0.25, -0.2) is 8.42 Å². The van der Waals surface area contributed by atoms with Gasteiger partial charge in [0.25, 0.3) is 0 Å². The Morgan fingerprint density at radius 3 is 2.50 bits per heavy atom. The van der Waals surface area contributed by atoms with Crippen molar-refractivity contribution in [3.8, 4) is 0 Å². The Bertz CT molecular complexity index is 511. The summed E-state index contributed by atoms with van der Waals surface area (Å²) in [5.74, 6) is 0.0795. The molecule has 0 spiro atoms. The predicted octanol–water partition coefficient (Wildman–Crippen LogP) is 1.53. The second-order valence-electron chi connectivity index (χ2n) is 4.59. The Hall–Kier alpha value is -0.430. The number of nitrogens with zero attached hydrogens (tertiary/aromatic N) is 2. The average Bonchev–Trinajstić information content (AvgIpc) is 2.29. The molecule has 2 rings (SSSR count). The molecular formula is C12H17BrN2O2S. The molecular weight excluding hydrogens is 316 g/mol. The van der Waals surface area contributed by atoms with Crippen molar-refractivity contribution in [2.45, 2.75) is 5.75 Å². The zero-order valence-electron chi connectivity index (χ0n) is 10.3. The molecule has 0 amide bonds. The number of benzene rings is 1. The zero-order chi connectivity index (χ0) is 13.2. The van der Waals surface area contributed by atoms with Crippen LogP contribution in [0.25, 0.3) is 0 Å². The molecule has 1 aliphatic heterocycles. The van der Waals surface area contributed by atoms with Gasteiger partial charge in [0.05, 0.1) is 5.75 Å². The van der Waals surface area contributed by atoms with Crippen LogP contribution in [0.4, 0.5) is 0 Å². The van der Waals surface area contributed by atoms with Gasteiger partial charge in [0.1, 0.15) is 0 Å². The normalized spacial score (nSPS) is 19.0. The molecule has 0 radical (unpaired) electrons. The number of likely N-dealkylation sites (N-methyl/N-ethyl adjacent to an activating group) is 1. The number of piperazine rings is 1. The Morgan fingerprint density at radius 1 is 1.22 bits per heavy atom. The molecule has 0 aromatic heterocycles. The highest BCUT2D eigenvalue weighted by Gasteiger charge is 2.25. The summed E-state index contributed by atoms with van der Waals surface area (Å²) in [6, 6.07) is 7.46. The SMILES string of the molecule is CN1CCN(S(=O)(=O)Cc2cccc(Br)c2)CC1. The lowest BCUT2D eigenvalue weighted by atomic mass is 10.2. The average molecular weight is 333 g/mol. The summed E-state index contributed by atoms with van der Waals surface area (Å²) in [6.45, 7) is 2.79. The lowest BCUT2D eigenvalue weighted by molar-refractivity contribution is 0.222. The van der Waals surface area contributed by atoms with Crippen LogP contribution >= 0.6 is 15.9 Å². The Balaban J connectivity index is 2.08. The van der Waals surface area contributed by atoms with Crippen LogP contribution in [0.3, 0.4) is 0 Å². The summed E-state index contributed by atoms with van der Waals surface area (Å²) >= 11 is 3.36. The van der Waals surface area contributed by atoms with Crippen molar-refractivity contribution in [2.75, 3.05) is 33.2 Å². The van der Waals surface area contributed by atoms with Crippen LogP contribution in [0.5, 0.6) is 0 Å². The molecule has 0 N–H and O–H groups in total. The molecule has 1 fully saturated rings. The smallest absolute Gasteiger partial charge is 0.218 e. The van der Waals surface area contributed by atoms with E-state index in [0.29, 0.717) is 13.1 Å². The third-order valence-electron chi connectivity index (χ3n) is 3.09. The van der Waals surface area contributed by atoms with Gasteiger partial charge in [0.15, 0.2) is 0 Å². The molecule has 1 aliphatic rings. The maximum absolute atomic E-state index is 12.3. The second kappa shape index (κ2) is 5.69. The van der Waals surface area contributed by atoms with Crippen molar-refractivity contribution in [3.05, 3.63) is 34.3 Å². The first-order valence-corrected chi connectivity index (χ1v) is 8.28. The molecule has 0 unspecified atom stereocenters. The Morgan fingerprint density at radius 2 is 1.89 bits per heavy atom. The van der Waals surface area contributed by atoms with E-state index in [9.17, 15) is 8.42 Å². The highest BCUT2D eigenvalue weighted by Crippen LogP contribution is 2.17. The lowest BCUT2D eigenvalue weighted by Crippen LogP contribution is -2.47. The molecule has 0 atom stereocenters. The number of hydrogen-bond donors (Lipinski definition) is 0. The first-order valence-electron chi connectivity index (χ1n) is 5.88. The van der Waals surface area contributed by atoms with Gasteiger partial charge in [0.2, 0.25) is 10.0 Å². The van der Waals surface area contributed by atoms with Crippen molar-refractivity contribution in [1.29, 1.82) is 0 Å². The van der Waals surface area contributed by atoms with Crippen molar-refractivity contribution in [2.24, 2.45) is 0 Å². The molecule has 18 heavy (non-hydrogen) atoms. The van der Waals surface area contributed by atoms with Crippen molar-refractivity contribution < 1.29 is 8.42 Å². The standard InChI is InChI=1S/C12H17BrN2O2S/c1-14-5-7-15(8-6-14)18(16,17)10-11-3-2-4-12(13)9-11/h2-4,9H,5-8,10H2,1H3. The van der Waals surface area contributed by atoms with E-state index in [0.717, 1.165) is 23.1 Å². The second-order valence-corrected chi connectivity index (χ2v) is 7.47. The molecule has 1 aromatic rings. The summed E-state index contributed by atoms with van der Waals surface area (Å²) in [7, 11) is -1.18. The Labute approximate surface area is 117 Å². The van der Waals surface area contributed by atoms with Gasteiger partial charge in [-0.15, -0.1) is 0 Å². The summed E-state index contributed by atoms with van der Waals surface area (Å²) < 4.78 is 27.0. The first-order chi connectivity index (χ1) is 8.47. The van der Waals surface area contributed by atoms with Crippen LogP contribution in [0.2, 0.25) is 0 Å². The lowest BCUT2D eigenvalue weighted by Gasteiger charge is -2.31. The number of halogens is 1. The van der Waals surface area contributed by atoms with Crippen LogP contribution in [-0.2, 0) is 15.8 Å².